The van der Waals surface area contributed by atoms with E-state index in [1.165, 1.54) is 0 Å². The number of ether oxygens (including phenoxy) is 3. The molecule has 7 heteroatoms. The van der Waals surface area contributed by atoms with Gasteiger partial charge in [-0.2, -0.15) is 0 Å². The van der Waals surface area contributed by atoms with Gasteiger partial charge in [0.2, 0.25) is 0 Å². The van der Waals surface area contributed by atoms with Gasteiger partial charge in [0.15, 0.2) is 6.61 Å². The molecule has 0 fully saturated rings. The second kappa shape index (κ2) is 13.7. The Labute approximate surface area is 186 Å². The van der Waals surface area contributed by atoms with Crippen molar-refractivity contribution in [2.24, 2.45) is 0 Å². The molecule has 1 amide bonds. The van der Waals surface area contributed by atoms with Gasteiger partial charge in [-0.1, -0.05) is 25.5 Å². The number of likely N-dealkylation sites (N-methyl/N-ethyl adjacent to an activating group) is 1. The zero-order chi connectivity index (χ0) is 21.1. The summed E-state index contributed by atoms with van der Waals surface area (Å²) in [6.45, 7) is 4.05. The van der Waals surface area contributed by atoms with Crippen molar-refractivity contribution in [3.63, 3.8) is 0 Å². The van der Waals surface area contributed by atoms with Crippen molar-refractivity contribution in [1.29, 1.82) is 0 Å². The van der Waals surface area contributed by atoms with Crippen LogP contribution < -0.4 is 19.1 Å². The van der Waals surface area contributed by atoms with Gasteiger partial charge < -0.3 is 24.0 Å². The molecule has 0 saturated heterocycles. The van der Waals surface area contributed by atoms with Crippen LogP contribution in [0.5, 0.6) is 17.2 Å². The van der Waals surface area contributed by atoms with Gasteiger partial charge in [0.1, 0.15) is 17.2 Å². The van der Waals surface area contributed by atoms with Crippen molar-refractivity contribution in [2.45, 2.75) is 19.8 Å². The Morgan fingerprint density at radius 2 is 1.57 bits per heavy atom. The molecule has 2 aromatic carbocycles. The smallest absolute Gasteiger partial charge is 0.265 e. The monoisotopic (exact) mass is 436 g/mol. The molecule has 2 aromatic rings. The highest BCUT2D eigenvalue weighted by Crippen LogP contribution is 2.28. The first-order chi connectivity index (χ1) is 14.0. The van der Waals surface area contributed by atoms with Crippen molar-refractivity contribution in [3.8, 4) is 17.2 Å². The molecule has 166 valence electrons. The molecule has 30 heavy (non-hydrogen) atoms. The third kappa shape index (κ3) is 8.13. The number of rotatable bonds is 12. The number of nitrogens with zero attached hydrogens (tertiary/aromatic N) is 2. The average Bonchev–Trinajstić information content (AvgIpc) is 2.73. The van der Waals surface area contributed by atoms with Gasteiger partial charge in [0.05, 0.1) is 19.4 Å². The summed E-state index contributed by atoms with van der Waals surface area (Å²) >= 11 is 0. The Bertz CT molecular complexity index is 753. The van der Waals surface area contributed by atoms with E-state index < -0.39 is 0 Å². The summed E-state index contributed by atoms with van der Waals surface area (Å²) < 4.78 is 16.8. The van der Waals surface area contributed by atoms with E-state index in [-0.39, 0.29) is 24.9 Å². The number of hydrogen-bond donors (Lipinski definition) is 0. The molecule has 6 nitrogen and oxygen atoms in total. The molecule has 0 spiro atoms. The molecule has 0 aliphatic rings. The van der Waals surface area contributed by atoms with Crippen LogP contribution in [0.4, 0.5) is 5.69 Å². The number of amides is 1. The Hall–Kier alpha value is -2.44. The zero-order valence-electron chi connectivity index (χ0n) is 18.3. The topological polar surface area (TPSA) is 51.2 Å². The van der Waals surface area contributed by atoms with Crippen LogP contribution in [0, 0.1) is 0 Å². The predicted octanol–water partition coefficient (Wildman–Crippen LogP) is 4.27. The molecule has 0 radical (unpaired) electrons. The summed E-state index contributed by atoms with van der Waals surface area (Å²) in [6, 6.07) is 14.9. The first-order valence-corrected chi connectivity index (χ1v) is 9.99. The minimum absolute atomic E-state index is 0. The highest BCUT2D eigenvalue weighted by Gasteiger charge is 2.20. The third-order valence-electron chi connectivity index (χ3n) is 4.40. The SMILES string of the molecule is CCCCOc1ccc(OCC(=O)N(CCN(C)C)c2ccccc2OC)cc1.Cl. The van der Waals surface area contributed by atoms with Crippen molar-refractivity contribution in [3.05, 3.63) is 48.5 Å². The normalized spacial score (nSPS) is 10.3. The van der Waals surface area contributed by atoms with E-state index >= 15 is 0 Å². The Kier molecular flexibility index (Phi) is 11.7. The van der Waals surface area contributed by atoms with Crippen molar-refractivity contribution < 1.29 is 19.0 Å². The average molecular weight is 437 g/mol. The lowest BCUT2D eigenvalue weighted by atomic mass is 10.2. The molecule has 0 saturated carbocycles. The highest BCUT2D eigenvalue weighted by molar-refractivity contribution is 5.95. The molecule has 0 atom stereocenters. The van der Waals surface area contributed by atoms with Crippen molar-refractivity contribution in [1.82, 2.24) is 4.90 Å². The number of methoxy groups -OCH3 is 1. The molecule has 2 rings (SSSR count). The van der Waals surface area contributed by atoms with Crippen molar-refractivity contribution >= 4 is 24.0 Å². The van der Waals surface area contributed by atoms with Crippen LogP contribution in [0.3, 0.4) is 0 Å². The lowest BCUT2D eigenvalue weighted by Gasteiger charge is -2.26. The summed E-state index contributed by atoms with van der Waals surface area (Å²) in [5.74, 6) is 1.97. The van der Waals surface area contributed by atoms with Crippen LogP contribution in [0.25, 0.3) is 0 Å². The standard InChI is InChI=1S/C23H32N2O4.ClH/c1-5-6-17-28-19-11-13-20(14-12-19)29-18-23(26)25(16-15-24(2)3)21-9-7-8-10-22(21)27-4;/h7-14H,5-6,15-18H2,1-4H3;1H. The van der Waals surface area contributed by atoms with Crippen LogP contribution in [-0.4, -0.2) is 58.3 Å². The Balaban J connectivity index is 0.00000450. The number of para-hydroxylation sites is 2. The minimum atomic E-state index is -0.125. The van der Waals surface area contributed by atoms with Crippen LogP contribution in [0.15, 0.2) is 48.5 Å². The maximum absolute atomic E-state index is 12.9. The number of hydrogen-bond acceptors (Lipinski definition) is 5. The molecule has 0 unspecified atom stereocenters. The molecular weight excluding hydrogens is 404 g/mol. The maximum atomic E-state index is 12.9. The number of carbonyl (C=O) groups excluding carboxylic acids is 1. The molecule has 0 heterocycles. The zero-order valence-corrected chi connectivity index (χ0v) is 19.1. The second-order valence-corrected chi connectivity index (χ2v) is 6.98. The number of halogens is 1. The third-order valence-corrected chi connectivity index (χ3v) is 4.40. The van der Waals surface area contributed by atoms with Gasteiger partial charge in [-0.3, -0.25) is 4.79 Å². The van der Waals surface area contributed by atoms with Gasteiger partial charge in [0.25, 0.3) is 5.91 Å². The molecule has 0 bridgehead atoms. The largest absolute Gasteiger partial charge is 0.495 e. The van der Waals surface area contributed by atoms with E-state index in [0.717, 1.165) is 30.8 Å². The fraction of sp³-hybridized carbons (Fsp3) is 0.435. The fourth-order valence-electron chi connectivity index (χ4n) is 2.72. The van der Waals surface area contributed by atoms with Crippen LogP contribution in [0.2, 0.25) is 0 Å². The van der Waals surface area contributed by atoms with E-state index in [0.29, 0.717) is 24.7 Å². The number of carbonyl (C=O) groups is 1. The summed E-state index contributed by atoms with van der Waals surface area (Å²) in [5, 5.41) is 0. The van der Waals surface area contributed by atoms with Crippen molar-refractivity contribution in [2.75, 3.05) is 52.4 Å². The number of unbranched alkanes of at least 4 members (excludes halogenated alkanes) is 1. The lowest BCUT2D eigenvalue weighted by molar-refractivity contribution is -0.120. The number of anilines is 1. The minimum Gasteiger partial charge on any atom is -0.495 e. The van der Waals surface area contributed by atoms with E-state index in [2.05, 4.69) is 6.92 Å². The summed E-state index contributed by atoms with van der Waals surface area (Å²) in [5.41, 5.74) is 0.741. The summed E-state index contributed by atoms with van der Waals surface area (Å²) in [6.07, 6.45) is 2.12. The summed E-state index contributed by atoms with van der Waals surface area (Å²) in [4.78, 5) is 16.7. The Morgan fingerprint density at radius 1 is 0.933 bits per heavy atom. The van der Waals surface area contributed by atoms with Crippen LogP contribution in [-0.2, 0) is 4.79 Å². The highest BCUT2D eigenvalue weighted by atomic mass is 35.5. The molecule has 0 aliphatic heterocycles. The van der Waals surface area contributed by atoms with E-state index in [4.69, 9.17) is 14.2 Å². The number of benzene rings is 2. The van der Waals surface area contributed by atoms with Crippen LogP contribution >= 0.6 is 12.4 Å². The van der Waals surface area contributed by atoms with E-state index in [1.54, 1.807) is 12.0 Å². The Morgan fingerprint density at radius 3 is 2.17 bits per heavy atom. The fourth-order valence-corrected chi connectivity index (χ4v) is 2.72. The van der Waals surface area contributed by atoms with Gasteiger partial charge in [-0.05, 0) is 56.9 Å². The maximum Gasteiger partial charge on any atom is 0.265 e. The first-order valence-electron chi connectivity index (χ1n) is 9.99. The molecule has 0 N–H and O–H groups in total. The van der Waals surface area contributed by atoms with Gasteiger partial charge in [-0.25, -0.2) is 0 Å². The predicted molar refractivity (Wildman–Crippen MR) is 123 cm³/mol. The van der Waals surface area contributed by atoms with Gasteiger partial charge in [0, 0.05) is 13.1 Å². The van der Waals surface area contributed by atoms with Crippen LogP contribution in [0.1, 0.15) is 19.8 Å². The van der Waals surface area contributed by atoms with Gasteiger partial charge in [-0.15, -0.1) is 12.4 Å². The van der Waals surface area contributed by atoms with E-state index in [1.807, 2.05) is 67.5 Å². The second-order valence-electron chi connectivity index (χ2n) is 6.98. The van der Waals surface area contributed by atoms with Gasteiger partial charge >= 0.3 is 0 Å². The quantitative estimate of drug-likeness (QED) is 0.465. The lowest BCUT2D eigenvalue weighted by Crippen LogP contribution is -2.39. The first kappa shape index (κ1) is 25.6. The molecule has 0 aromatic heterocycles. The molecular formula is C23H33ClN2O4. The summed E-state index contributed by atoms with van der Waals surface area (Å²) in [7, 11) is 5.56. The molecule has 0 aliphatic carbocycles. The van der Waals surface area contributed by atoms with E-state index in [9.17, 15) is 4.79 Å².